The third-order valence-corrected chi connectivity index (χ3v) is 3.34. The van der Waals surface area contributed by atoms with Crippen LogP contribution in [-0.4, -0.2) is 5.11 Å². The largest absolute Gasteiger partial charge is 0.508 e. The van der Waals surface area contributed by atoms with Crippen molar-refractivity contribution in [2.24, 2.45) is 0 Å². The van der Waals surface area contributed by atoms with Crippen molar-refractivity contribution in [2.45, 2.75) is 26.8 Å². The summed E-state index contributed by atoms with van der Waals surface area (Å²) in [5.74, 6) is -0.455. The van der Waals surface area contributed by atoms with Gasteiger partial charge in [0.2, 0.25) is 0 Å². The minimum absolute atomic E-state index is 0.0559. The zero-order valence-electron chi connectivity index (χ0n) is 11.4. The Bertz CT molecular complexity index is 595. The lowest BCUT2D eigenvalue weighted by Crippen LogP contribution is -2.08. The number of hydrogen-bond acceptors (Lipinski definition) is 2. The molecule has 100 valence electrons. The maximum Gasteiger partial charge on any atom is 0.132 e. The summed E-state index contributed by atoms with van der Waals surface area (Å²) in [6, 6.07) is 10.1. The first kappa shape index (κ1) is 13.4. The van der Waals surface area contributed by atoms with E-state index >= 15 is 0 Å². The average Bonchev–Trinajstić information content (AvgIpc) is 2.33. The molecule has 2 rings (SSSR count). The van der Waals surface area contributed by atoms with E-state index in [2.05, 4.69) is 12.2 Å². The van der Waals surface area contributed by atoms with Crippen LogP contribution in [0.4, 0.5) is 10.1 Å². The monoisotopic (exact) mass is 259 g/mol. The standard InChI is InChI=1S/C16H18FNO/c1-10-4-5-13(8-11(10)2)18-12(3)15-7-6-14(19)9-16(15)17/h4-9,12,18-19H,1-3H3. The highest BCUT2D eigenvalue weighted by molar-refractivity contribution is 5.50. The van der Waals surface area contributed by atoms with Crippen molar-refractivity contribution in [1.82, 2.24) is 0 Å². The molecule has 19 heavy (non-hydrogen) atoms. The van der Waals surface area contributed by atoms with Crippen LogP contribution in [0, 0.1) is 19.7 Å². The summed E-state index contributed by atoms with van der Waals surface area (Å²) in [5.41, 5.74) is 3.93. The Morgan fingerprint density at radius 3 is 2.42 bits per heavy atom. The summed E-state index contributed by atoms with van der Waals surface area (Å²) in [4.78, 5) is 0. The average molecular weight is 259 g/mol. The maximum absolute atomic E-state index is 13.7. The van der Waals surface area contributed by atoms with Crippen LogP contribution in [-0.2, 0) is 0 Å². The highest BCUT2D eigenvalue weighted by atomic mass is 19.1. The lowest BCUT2D eigenvalue weighted by atomic mass is 10.1. The molecule has 0 radical (unpaired) electrons. The molecule has 0 saturated heterocycles. The number of aryl methyl sites for hydroxylation is 2. The number of nitrogens with one attached hydrogen (secondary N) is 1. The van der Waals surface area contributed by atoms with Crippen LogP contribution in [0.3, 0.4) is 0 Å². The fraction of sp³-hybridized carbons (Fsp3) is 0.250. The van der Waals surface area contributed by atoms with Crippen LogP contribution < -0.4 is 5.32 Å². The number of rotatable bonds is 3. The number of phenols is 1. The van der Waals surface area contributed by atoms with Crippen molar-refractivity contribution < 1.29 is 9.50 Å². The van der Waals surface area contributed by atoms with Gasteiger partial charge in [-0.05, 0) is 50.1 Å². The molecule has 1 atom stereocenters. The van der Waals surface area contributed by atoms with E-state index in [9.17, 15) is 9.50 Å². The summed E-state index contributed by atoms with van der Waals surface area (Å²) < 4.78 is 13.7. The molecule has 2 nitrogen and oxygen atoms in total. The molecule has 0 aliphatic carbocycles. The number of aromatic hydroxyl groups is 1. The van der Waals surface area contributed by atoms with Crippen molar-refractivity contribution in [1.29, 1.82) is 0 Å². The minimum atomic E-state index is -0.399. The van der Waals surface area contributed by atoms with Gasteiger partial charge >= 0.3 is 0 Å². The van der Waals surface area contributed by atoms with Gasteiger partial charge in [-0.25, -0.2) is 4.39 Å². The molecule has 0 heterocycles. The molecule has 3 heteroatoms. The predicted molar refractivity (Wildman–Crippen MR) is 76.0 cm³/mol. The van der Waals surface area contributed by atoms with Crippen LogP contribution in [0.5, 0.6) is 5.75 Å². The van der Waals surface area contributed by atoms with Gasteiger partial charge in [0, 0.05) is 17.3 Å². The molecule has 2 aromatic rings. The van der Waals surface area contributed by atoms with Crippen LogP contribution in [0.1, 0.15) is 29.7 Å². The Morgan fingerprint density at radius 2 is 1.79 bits per heavy atom. The second-order valence-electron chi connectivity index (χ2n) is 4.87. The summed E-state index contributed by atoms with van der Waals surface area (Å²) in [5, 5.41) is 12.5. The molecule has 0 aromatic heterocycles. The van der Waals surface area contributed by atoms with Gasteiger partial charge in [-0.15, -0.1) is 0 Å². The van der Waals surface area contributed by atoms with Crippen molar-refractivity contribution in [3.05, 3.63) is 58.9 Å². The van der Waals surface area contributed by atoms with Crippen molar-refractivity contribution in [3.8, 4) is 5.75 Å². The minimum Gasteiger partial charge on any atom is -0.508 e. The molecule has 0 spiro atoms. The SMILES string of the molecule is Cc1ccc(NC(C)c2ccc(O)cc2F)cc1C. The predicted octanol–water partition coefficient (Wildman–Crippen LogP) is 4.32. The van der Waals surface area contributed by atoms with Gasteiger partial charge in [-0.1, -0.05) is 12.1 Å². The van der Waals surface area contributed by atoms with Crippen LogP contribution >= 0.6 is 0 Å². The summed E-state index contributed by atoms with van der Waals surface area (Å²) in [6.07, 6.45) is 0. The summed E-state index contributed by atoms with van der Waals surface area (Å²) in [6.45, 7) is 6.00. The molecule has 0 aliphatic rings. The lowest BCUT2D eigenvalue weighted by Gasteiger charge is -2.17. The van der Waals surface area contributed by atoms with E-state index < -0.39 is 5.82 Å². The molecule has 0 fully saturated rings. The Labute approximate surface area is 112 Å². The molecule has 0 aliphatic heterocycles. The van der Waals surface area contributed by atoms with E-state index in [-0.39, 0.29) is 11.8 Å². The molecule has 0 bridgehead atoms. The zero-order valence-corrected chi connectivity index (χ0v) is 11.4. The first-order valence-corrected chi connectivity index (χ1v) is 6.29. The highest BCUT2D eigenvalue weighted by Gasteiger charge is 2.11. The van der Waals surface area contributed by atoms with Gasteiger partial charge in [0.1, 0.15) is 11.6 Å². The van der Waals surface area contributed by atoms with Crippen molar-refractivity contribution in [2.75, 3.05) is 5.32 Å². The zero-order chi connectivity index (χ0) is 14.0. The van der Waals surface area contributed by atoms with E-state index in [1.54, 1.807) is 6.07 Å². The number of phenolic OH excluding ortho intramolecular Hbond substituents is 1. The van der Waals surface area contributed by atoms with Crippen LogP contribution in [0.2, 0.25) is 0 Å². The molecular weight excluding hydrogens is 241 g/mol. The van der Waals surface area contributed by atoms with Gasteiger partial charge in [0.15, 0.2) is 0 Å². The molecule has 2 N–H and O–H groups in total. The van der Waals surface area contributed by atoms with Gasteiger partial charge in [-0.2, -0.15) is 0 Å². The number of benzene rings is 2. The van der Waals surface area contributed by atoms with Gasteiger partial charge < -0.3 is 10.4 Å². The Hall–Kier alpha value is -2.03. The lowest BCUT2D eigenvalue weighted by molar-refractivity contribution is 0.467. The van der Waals surface area contributed by atoms with E-state index in [0.29, 0.717) is 5.56 Å². The Morgan fingerprint density at radius 1 is 1.05 bits per heavy atom. The molecular formula is C16H18FNO. The number of anilines is 1. The second kappa shape index (κ2) is 5.31. The second-order valence-corrected chi connectivity index (χ2v) is 4.87. The quantitative estimate of drug-likeness (QED) is 0.860. The third-order valence-electron chi connectivity index (χ3n) is 3.34. The normalized spacial score (nSPS) is 12.2. The fourth-order valence-corrected chi connectivity index (χ4v) is 2.03. The van der Waals surface area contributed by atoms with E-state index in [1.807, 2.05) is 32.0 Å². The first-order chi connectivity index (χ1) is 8.97. The van der Waals surface area contributed by atoms with Crippen molar-refractivity contribution >= 4 is 5.69 Å². The number of halogens is 1. The Kier molecular flexibility index (Phi) is 3.74. The van der Waals surface area contributed by atoms with Crippen molar-refractivity contribution in [3.63, 3.8) is 0 Å². The molecule has 0 saturated carbocycles. The molecule has 0 amide bonds. The molecule has 1 unspecified atom stereocenters. The molecule has 2 aromatic carbocycles. The van der Waals surface area contributed by atoms with Gasteiger partial charge in [0.25, 0.3) is 0 Å². The summed E-state index contributed by atoms with van der Waals surface area (Å²) in [7, 11) is 0. The highest BCUT2D eigenvalue weighted by Crippen LogP contribution is 2.25. The van der Waals surface area contributed by atoms with Crippen LogP contribution in [0.25, 0.3) is 0 Å². The first-order valence-electron chi connectivity index (χ1n) is 6.29. The van der Waals surface area contributed by atoms with Crippen LogP contribution in [0.15, 0.2) is 36.4 Å². The maximum atomic E-state index is 13.7. The summed E-state index contributed by atoms with van der Waals surface area (Å²) >= 11 is 0. The van der Waals surface area contributed by atoms with Gasteiger partial charge in [-0.3, -0.25) is 0 Å². The number of hydrogen-bond donors (Lipinski definition) is 2. The van der Waals surface area contributed by atoms with E-state index in [1.165, 1.54) is 17.2 Å². The smallest absolute Gasteiger partial charge is 0.132 e. The Balaban J connectivity index is 2.20. The van der Waals surface area contributed by atoms with E-state index in [4.69, 9.17) is 0 Å². The topological polar surface area (TPSA) is 32.3 Å². The fourth-order valence-electron chi connectivity index (χ4n) is 2.03. The third kappa shape index (κ3) is 3.05. The van der Waals surface area contributed by atoms with Gasteiger partial charge in [0.05, 0.1) is 6.04 Å². The van der Waals surface area contributed by atoms with E-state index in [0.717, 1.165) is 11.8 Å².